The molecule has 4 saturated carbocycles. The average molecular weight is 190 g/mol. The summed E-state index contributed by atoms with van der Waals surface area (Å²) < 4.78 is 0. The highest BCUT2D eigenvalue weighted by Crippen LogP contribution is 2.75. The Labute approximate surface area is 87.5 Å². The fourth-order valence-corrected chi connectivity index (χ4v) is 6.59. The quantitative estimate of drug-likeness (QED) is 0.544. The maximum Gasteiger partial charge on any atom is -0.0182 e. The predicted molar refractivity (Wildman–Crippen MR) is 57.9 cm³/mol. The fourth-order valence-electron chi connectivity index (χ4n) is 6.59. The van der Waals surface area contributed by atoms with Gasteiger partial charge in [0.15, 0.2) is 0 Å². The summed E-state index contributed by atoms with van der Waals surface area (Å²) in [5, 5.41) is 0. The van der Waals surface area contributed by atoms with Gasteiger partial charge in [-0.3, -0.25) is 0 Å². The van der Waals surface area contributed by atoms with Crippen molar-refractivity contribution in [2.75, 3.05) is 0 Å². The Morgan fingerprint density at radius 1 is 0.786 bits per heavy atom. The van der Waals surface area contributed by atoms with E-state index in [2.05, 4.69) is 6.92 Å². The molecule has 0 heterocycles. The van der Waals surface area contributed by atoms with Crippen molar-refractivity contribution in [1.29, 1.82) is 0 Å². The second-order valence-corrected chi connectivity index (χ2v) is 6.64. The summed E-state index contributed by atoms with van der Waals surface area (Å²) in [4.78, 5) is 0. The summed E-state index contributed by atoms with van der Waals surface area (Å²) in [6.07, 6.45) is 11.2. The number of hydrogen-bond acceptors (Lipinski definition) is 0. The summed E-state index contributed by atoms with van der Waals surface area (Å²) >= 11 is 0. The van der Waals surface area contributed by atoms with E-state index in [4.69, 9.17) is 0 Å². The van der Waals surface area contributed by atoms with Gasteiger partial charge < -0.3 is 0 Å². The first-order valence-corrected chi connectivity index (χ1v) is 6.83. The average Bonchev–Trinajstić information content (AvgIpc) is 2.77. The molecular formula is C14H22. The molecule has 0 aromatic carbocycles. The first-order chi connectivity index (χ1) is 6.83. The molecule has 4 fully saturated rings. The third kappa shape index (κ3) is 0.657. The summed E-state index contributed by atoms with van der Waals surface area (Å²) in [5.41, 5.74) is 0.916. The monoisotopic (exact) mass is 190 g/mol. The van der Waals surface area contributed by atoms with Crippen molar-refractivity contribution in [2.45, 2.75) is 51.9 Å². The van der Waals surface area contributed by atoms with Crippen LogP contribution in [0.25, 0.3) is 0 Å². The highest BCUT2D eigenvalue weighted by Gasteiger charge is 2.67. The van der Waals surface area contributed by atoms with Gasteiger partial charge in [0.1, 0.15) is 0 Å². The maximum atomic E-state index is 2.55. The van der Waals surface area contributed by atoms with E-state index in [-0.39, 0.29) is 0 Å². The highest BCUT2D eigenvalue weighted by atomic mass is 14.7. The summed E-state index contributed by atoms with van der Waals surface area (Å²) in [6, 6.07) is 0. The van der Waals surface area contributed by atoms with Crippen molar-refractivity contribution in [3.63, 3.8) is 0 Å². The van der Waals surface area contributed by atoms with E-state index in [1.165, 1.54) is 17.8 Å². The number of hydrogen-bond donors (Lipinski definition) is 0. The molecule has 4 aliphatic rings. The summed E-state index contributed by atoms with van der Waals surface area (Å²) in [7, 11) is 0. The van der Waals surface area contributed by atoms with Gasteiger partial charge in [-0.05, 0) is 80.0 Å². The zero-order valence-corrected chi connectivity index (χ0v) is 9.34. The van der Waals surface area contributed by atoms with Crippen molar-refractivity contribution in [3.05, 3.63) is 0 Å². The fraction of sp³-hybridized carbons (Fsp3) is 1.00. The molecule has 0 aliphatic heterocycles. The standard InChI is InChI=1S/C14H22/c1-9-8-12-5-4-10-2-3-11-6-7-13(9)14(10,11)12/h9-13H,2-8H2,1H3/t9-,10-,11-,12+,13+,14+/m0/s1. The topological polar surface area (TPSA) is 0 Å². The second-order valence-electron chi connectivity index (χ2n) is 6.64. The first kappa shape index (κ1) is 8.19. The minimum absolute atomic E-state index is 0.916. The molecule has 0 saturated heterocycles. The van der Waals surface area contributed by atoms with Crippen LogP contribution in [0.2, 0.25) is 0 Å². The van der Waals surface area contributed by atoms with Crippen molar-refractivity contribution >= 4 is 0 Å². The lowest BCUT2D eigenvalue weighted by Gasteiger charge is -2.36. The normalized spacial score (nSPS) is 64.5. The minimum Gasteiger partial charge on any atom is -0.0622 e. The van der Waals surface area contributed by atoms with Gasteiger partial charge in [-0.25, -0.2) is 0 Å². The lowest BCUT2D eigenvalue weighted by atomic mass is 9.68. The number of rotatable bonds is 0. The summed E-state index contributed by atoms with van der Waals surface area (Å²) in [6.45, 7) is 2.55. The maximum absolute atomic E-state index is 2.55. The largest absolute Gasteiger partial charge is 0.0622 e. The first-order valence-electron chi connectivity index (χ1n) is 6.83. The van der Waals surface area contributed by atoms with E-state index >= 15 is 0 Å². The Kier molecular flexibility index (Phi) is 1.40. The Morgan fingerprint density at radius 3 is 2.07 bits per heavy atom. The zero-order valence-electron chi connectivity index (χ0n) is 9.34. The van der Waals surface area contributed by atoms with Crippen LogP contribution in [0.5, 0.6) is 0 Å². The molecule has 78 valence electrons. The van der Waals surface area contributed by atoms with Gasteiger partial charge in [0.25, 0.3) is 0 Å². The van der Waals surface area contributed by atoms with Crippen LogP contribution in [0.3, 0.4) is 0 Å². The van der Waals surface area contributed by atoms with Crippen LogP contribution in [0.1, 0.15) is 51.9 Å². The van der Waals surface area contributed by atoms with E-state index in [0.29, 0.717) is 0 Å². The van der Waals surface area contributed by atoms with Crippen LogP contribution in [-0.4, -0.2) is 0 Å². The van der Waals surface area contributed by atoms with Gasteiger partial charge in [0, 0.05) is 0 Å². The van der Waals surface area contributed by atoms with Crippen LogP contribution < -0.4 is 0 Å². The molecule has 0 nitrogen and oxygen atoms in total. The third-order valence-electron chi connectivity index (χ3n) is 6.66. The molecular weight excluding hydrogens is 168 g/mol. The molecule has 0 amide bonds. The van der Waals surface area contributed by atoms with Gasteiger partial charge in [-0.2, -0.15) is 0 Å². The lowest BCUT2D eigenvalue weighted by Crippen LogP contribution is -2.32. The molecule has 6 atom stereocenters. The van der Waals surface area contributed by atoms with Crippen molar-refractivity contribution in [1.82, 2.24) is 0 Å². The third-order valence-corrected chi connectivity index (χ3v) is 6.66. The van der Waals surface area contributed by atoms with E-state index in [1.807, 2.05) is 0 Å². The molecule has 0 aromatic rings. The summed E-state index contributed by atoms with van der Waals surface area (Å²) in [5.74, 6) is 5.76. The van der Waals surface area contributed by atoms with Crippen LogP contribution in [0.4, 0.5) is 0 Å². The molecule has 0 heteroatoms. The molecule has 0 unspecified atom stereocenters. The molecule has 0 aromatic heterocycles. The van der Waals surface area contributed by atoms with Gasteiger partial charge >= 0.3 is 0 Å². The Hall–Kier alpha value is 0. The zero-order chi connectivity index (χ0) is 9.34. The highest BCUT2D eigenvalue weighted by molar-refractivity contribution is 5.16. The molecule has 0 bridgehead atoms. The van der Waals surface area contributed by atoms with Gasteiger partial charge in [0.05, 0.1) is 0 Å². The molecule has 1 spiro atoms. The Morgan fingerprint density at radius 2 is 1.36 bits per heavy atom. The predicted octanol–water partition coefficient (Wildman–Crippen LogP) is 3.86. The van der Waals surface area contributed by atoms with Crippen LogP contribution in [0, 0.1) is 35.0 Å². The van der Waals surface area contributed by atoms with E-state index in [0.717, 1.165) is 17.3 Å². The molecule has 0 radical (unpaired) electrons. The lowest BCUT2D eigenvalue weighted by molar-refractivity contribution is 0.109. The van der Waals surface area contributed by atoms with Crippen molar-refractivity contribution in [3.8, 4) is 0 Å². The SMILES string of the molecule is C[C@H]1C[C@H]2CC[C@@H]3CC[C@H]4CC[C@H]1[C@]342. The second kappa shape index (κ2) is 2.39. The molecule has 4 aliphatic carbocycles. The smallest absolute Gasteiger partial charge is 0.0182 e. The molecule has 14 heavy (non-hydrogen) atoms. The minimum atomic E-state index is 0.916. The molecule has 4 rings (SSSR count). The Balaban J connectivity index is 1.86. The van der Waals surface area contributed by atoms with Gasteiger partial charge in [-0.1, -0.05) is 6.92 Å². The van der Waals surface area contributed by atoms with Crippen molar-refractivity contribution in [2.24, 2.45) is 35.0 Å². The molecule has 0 N–H and O–H groups in total. The Bertz CT molecular complexity index is 258. The van der Waals surface area contributed by atoms with Gasteiger partial charge in [0.2, 0.25) is 0 Å². The van der Waals surface area contributed by atoms with Gasteiger partial charge in [-0.15, -0.1) is 0 Å². The van der Waals surface area contributed by atoms with Crippen LogP contribution >= 0.6 is 0 Å². The van der Waals surface area contributed by atoms with Crippen LogP contribution in [-0.2, 0) is 0 Å². The van der Waals surface area contributed by atoms with E-state index in [9.17, 15) is 0 Å². The van der Waals surface area contributed by atoms with E-state index in [1.54, 1.807) is 44.9 Å². The van der Waals surface area contributed by atoms with Crippen LogP contribution in [0.15, 0.2) is 0 Å². The van der Waals surface area contributed by atoms with E-state index < -0.39 is 0 Å². The van der Waals surface area contributed by atoms with Crippen molar-refractivity contribution < 1.29 is 0 Å².